The topological polar surface area (TPSA) is 97.7 Å². The van der Waals surface area contributed by atoms with Gasteiger partial charge in [-0.15, -0.1) is 0 Å². The van der Waals surface area contributed by atoms with Gasteiger partial charge in [-0.25, -0.2) is 4.79 Å². The summed E-state index contributed by atoms with van der Waals surface area (Å²) in [6, 6.07) is 11.4. The molecule has 0 aliphatic carbocycles. The Morgan fingerprint density at radius 3 is 2.50 bits per heavy atom. The lowest BCUT2D eigenvalue weighted by Gasteiger charge is -2.12. The second-order valence-corrected chi connectivity index (χ2v) is 6.68. The number of nitrogens with one attached hydrogen (secondary N) is 1. The number of hydrogen-bond acceptors (Lipinski definition) is 6. The molecule has 1 N–H and O–H groups in total. The third-order valence-electron chi connectivity index (χ3n) is 3.84. The molecule has 0 radical (unpaired) electrons. The van der Waals surface area contributed by atoms with Crippen LogP contribution in [0.5, 0.6) is 11.5 Å². The van der Waals surface area contributed by atoms with Gasteiger partial charge < -0.3 is 19.5 Å². The fraction of sp³-hybridized carbons (Fsp3) is 0.136. The van der Waals surface area contributed by atoms with E-state index in [1.807, 2.05) is 6.07 Å². The molecule has 0 heterocycles. The number of amides is 1. The third-order valence-corrected chi connectivity index (χ3v) is 4.43. The van der Waals surface area contributed by atoms with Crippen molar-refractivity contribution in [2.45, 2.75) is 0 Å². The fourth-order valence-electron chi connectivity index (χ4n) is 2.43. The first kappa shape index (κ1) is 22.7. The van der Waals surface area contributed by atoms with Crippen LogP contribution in [0.1, 0.15) is 15.9 Å². The van der Waals surface area contributed by atoms with Crippen LogP contribution < -0.4 is 14.8 Å². The molecule has 2 aromatic rings. The Hall–Kier alpha value is -3.57. The standard InChI is InChI=1S/C22H19BrN2O5/c1-4-9-30-20-18(23)11-14(12-19(20)28-2)10-16(13-24)21(26)25-17-7-5-15(6-8-17)22(27)29-3/h4-8,10-12H,1,9H2,2-3H3,(H,25,26)/b16-10+. The number of halogens is 1. The molecule has 0 aromatic heterocycles. The van der Waals surface area contributed by atoms with E-state index in [0.29, 0.717) is 39.4 Å². The maximum absolute atomic E-state index is 12.5. The number of nitriles is 1. The van der Waals surface area contributed by atoms with E-state index in [1.165, 1.54) is 32.4 Å². The Labute approximate surface area is 182 Å². The van der Waals surface area contributed by atoms with Gasteiger partial charge in [0.2, 0.25) is 0 Å². The van der Waals surface area contributed by atoms with E-state index in [1.54, 1.807) is 30.3 Å². The van der Waals surface area contributed by atoms with E-state index in [2.05, 4.69) is 32.6 Å². The molecule has 8 heteroatoms. The molecule has 0 fully saturated rings. The van der Waals surface area contributed by atoms with Gasteiger partial charge in [0.25, 0.3) is 5.91 Å². The van der Waals surface area contributed by atoms with Crippen molar-refractivity contribution in [3.05, 3.63) is 70.2 Å². The average molecular weight is 471 g/mol. The Morgan fingerprint density at radius 2 is 1.93 bits per heavy atom. The van der Waals surface area contributed by atoms with Gasteiger partial charge in [-0.05, 0) is 64.0 Å². The van der Waals surface area contributed by atoms with Crippen molar-refractivity contribution >= 4 is 39.6 Å². The molecule has 0 aliphatic rings. The zero-order valence-corrected chi connectivity index (χ0v) is 18.0. The Morgan fingerprint density at radius 1 is 1.23 bits per heavy atom. The number of carbonyl (C=O) groups is 2. The molecule has 0 unspecified atom stereocenters. The van der Waals surface area contributed by atoms with E-state index >= 15 is 0 Å². The number of hydrogen-bond donors (Lipinski definition) is 1. The van der Waals surface area contributed by atoms with Gasteiger partial charge in [0.1, 0.15) is 18.2 Å². The highest BCUT2D eigenvalue weighted by molar-refractivity contribution is 9.10. The lowest BCUT2D eigenvalue weighted by Crippen LogP contribution is -2.13. The molecule has 0 aliphatic heterocycles. The van der Waals surface area contributed by atoms with E-state index in [4.69, 9.17) is 9.47 Å². The van der Waals surface area contributed by atoms with Crippen molar-refractivity contribution in [1.82, 2.24) is 0 Å². The minimum atomic E-state index is -0.592. The van der Waals surface area contributed by atoms with Crippen molar-refractivity contribution in [3.8, 4) is 17.6 Å². The monoisotopic (exact) mass is 470 g/mol. The molecule has 30 heavy (non-hydrogen) atoms. The summed E-state index contributed by atoms with van der Waals surface area (Å²) in [5.41, 5.74) is 1.24. The highest BCUT2D eigenvalue weighted by Gasteiger charge is 2.14. The summed E-state index contributed by atoms with van der Waals surface area (Å²) in [5, 5.41) is 12.1. The highest BCUT2D eigenvalue weighted by Crippen LogP contribution is 2.37. The van der Waals surface area contributed by atoms with Crippen molar-refractivity contribution in [2.24, 2.45) is 0 Å². The van der Waals surface area contributed by atoms with Crippen molar-refractivity contribution < 1.29 is 23.8 Å². The Kier molecular flexibility index (Phi) is 8.20. The highest BCUT2D eigenvalue weighted by atomic mass is 79.9. The zero-order chi connectivity index (χ0) is 22.1. The normalized spacial score (nSPS) is 10.5. The number of methoxy groups -OCH3 is 2. The summed E-state index contributed by atoms with van der Waals surface area (Å²) in [4.78, 5) is 24.0. The molecule has 0 bridgehead atoms. The molecule has 7 nitrogen and oxygen atoms in total. The van der Waals surface area contributed by atoms with Gasteiger partial charge in [0.05, 0.1) is 24.3 Å². The van der Waals surface area contributed by atoms with Gasteiger partial charge in [0.15, 0.2) is 11.5 Å². The minimum Gasteiger partial charge on any atom is -0.493 e. The van der Waals surface area contributed by atoms with Gasteiger partial charge in [-0.1, -0.05) is 12.7 Å². The fourth-order valence-corrected chi connectivity index (χ4v) is 3.00. The molecule has 2 aromatic carbocycles. The molecule has 1 amide bonds. The molecule has 0 saturated carbocycles. The molecule has 154 valence electrons. The Bertz CT molecular complexity index is 1020. The zero-order valence-electron chi connectivity index (χ0n) is 16.4. The maximum atomic E-state index is 12.5. The molecular weight excluding hydrogens is 452 g/mol. The quantitative estimate of drug-likeness (QED) is 0.266. The summed E-state index contributed by atoms with van der Waals surface area (Å²) in [5.74, 6) is -0.146. The van der Waals surface area contributed by atoms with E-state index < -0.39 is 11.9 Å². The summed E-state index contributed by atoms with van der Waals surface area (Å²) in [6.07, 6.45) is 3.04. The SMILES string of the molecule is C=CCOc1c(Br)cc(/C=C(\C#N)C(=O)Nc2ccc(C(=O)OC)cc2)cc1OC. The first-order valence-electron chi connectivity index (χ1n) is 8.66. The molecule has 0 spiro atoms. The Balaban J connectivity index is 2.25. The average Bonchev–Trinajstić information content (AvgIpc) is 2.76. The predicted octanol–water partition coefficient (Wildman–Crippen LogP) is 4.35. The maximum Gasteiger partial charge on any atom is 0.337 e. The van der Waals surface area contributed by atoms with E-state index in [0.717, 1.165) is 0 Å². The summed E-state index contributed by atoms with van der Waals surface area (Å²) < 4.78 is 16.1. The minimum absolute atomic E-state index is 0.110. The van der Waals surface area contributed by atoms with Gasteiger partial charge in [0, 0.05) is 5.69 Å². The van der Waals surface area contributed by atoms with Crippen molar-refractivity contribution in [2.75, 3.05) is 26.1 Å². The number of carbonyl (C=O) groups excluding carboxylic acids is 2. The number of nitrogens with zero attached hydrogens (tertiary/aromatic N) is 1. The molecular formula is C22H19BrN2O5. The van der Waals surface area contributed by atoms with Gasteiger partial charge in [-0.3, -0.25) is 4.79 Å². The second kappa shape index (κ2) is 10.8. The van der Waals surface area contributed by atoms with Gasteiger partial charge in [-0.2, -0.15) is 5.26 Å². The van der Waals surface area contributed by atoms with Crippen LogP contribution >= 0.6 is 15.9 Å². The third kappa shape index (κ3) is 5.72. The number of ether oxygens (including phenoxy) is 3. The lowest BCUT2D eigenvalue weighted by atomic mass is 10.1. The predicted molar refractivity (Wildman–Crippen MR) is 116 cm³/mol. The largest absolute Gasteiger partial charge is 0.493 e. The van der Waals surface area contributed by atoms with Crippen LogP contribution in [0.3, 0.4) is 0 Å². The second-order valence-electron chi connectivity index (χ2n) is 5.83. The van der Waals surface area contributed by atoms with Crippen LogP contribution in [0.25, 0.3) is 6.08 Å². The van der Waals surface area contributed by atoms with Crippen LogP contribution in [0.15, 0.2) is 59.1 Å². The number of anilines is 1. The molecule has 0 saturated heterocycles. The van der Waals surface area contributed by atoms with Crippen LogP contribution in [0, 0.1) is 11.3 Å². The lowest BCUT2D eigenvalue weighted by molar-refractivity contribution is -0.112. The molecule has 0 atom stereocenters. The molecule has 2 rings (SSSR count). The first-order chi connectivity index (χ1) is 14.4. The van der Waals surface area contributed by atoms with E-state index in [-0.39, 0.29) is 5.57 Å². The van der Waals surface area contributed by atoms with Crippen molar-refractivity contribution in [3.63, 3.8) is 0 Å². The summed E-state index contributed by atoms with van der Waals surface area (Å²) >= 11 is 3.41. The number of benzene rings is 2. The first-order valence-corrected chi connectivity index (χ1v) is 9.45. The van der Waals surface area contributed by atoms with E-state index in [9.17, 15) is 14.9 Å². The van der Waals surface area contributed by atoms with Crippen molar-refractivity contribution in [1.29, 1.82) is 5.26 Å². The van der Waals surface area contributed by atoms with Gasteiger partial charge >= 0.3 is 5.97 Å². The van der Waals surface area contributed by atoms with Crippen LogP contribution in [-0.4, -0.2) is 32.7 Å². The van der Waals surface area contributed by atoms with Crippen LogP contribution in [-0.2, 0) is 9.53 Å². The van der Waals surface area contributed by atoms with Crippen LogP contribution in [0.4, 0.5) is 5.69 Å². The van der Waals surface area contributed by atoms with Crippen LogP contribution in [0.2, 0.25) is 0 Å². The summed E-state index contributed by atoms with van der Waals surface area (Å²) in [7, 11) is 2.78. The smallest absolute Gasteiger partial charge is 0.337 e. The summed E-state index contributed by atoms with van der Waals surface area (Å²) in [6.45, 7) is 3.90. The number of esters is 1. The number of rotatable bonds is 8.